The van der Waals surface area contributed by atoms with Crippen molar-refractivity contribution in [3.63, 3.8) is 0 Å². The topological polar surface area (TPSA) is 77.1 Å². The fourth-order valence-corrected chi connectivity index (χ4v) is 3.14. The zero-order valence-electron chi connectivity index (χ0n) is 15.3. The molecule has 138 valence electrons. The largest absolute Gasteiger partial charge is 0.448 e. The Morgan fingerprint density at radius 1 is 1.31 bits per heavy atom. The normalized spacial score (nSPS) is 12.5. The van der Waals surface area contributed by atoms with Gasteiger partial charge in [0.15, 0.2) is 0 Å². The highest BCUT2D eigenvalue weighted by Crippen LogP contribution is 2.23. The minimum Gasteiger partial charge on any atom is -0.448 e. The molecule has 0 aliphatic rings. The summed E-state index contributed by atoms with van der Waals surface area (Å²) >= 11 is 0. The van der Waals surface area contributed by atoms with Gasteiger partial charge in [0.1, 0.15) is 17.6 Å². The van der Waals surface area contributed by atoms with E-state index in [4.69, 9.17) is 4.42 Å². The number of carbonyl (C=O) groups is 1. The second kappa shape index (κ2) is 8.17. The molecule has 26 heavy (non-hydrogen) atoms. The molecule has 0 fully saturated rings. The first-order valence-electron chi connectivity index (χ1n) is 9.27. The first-order valence-corrected chi connectivity index (χ1v) is 9.27. The Morgan fingerprint density at radius 3 is 2.88 bits per heavy atom. The monoisotopic (exact) mass is 355 g/mol. The van der Waals surface area contributed by atoms with E-state index in [1.807, 2.05) is 18.2 Å². The number of benzene rings is 1. The summed E-state index contributed by atoms with van der Waals surface area (Å²) < 4.78 is 6.94. The van der Waals surface area contributed by atoms with E-state index in [1.54, 1.807) is 6.07 Å². The summed E-state index contributed by atoms with van der Waals surface area (Å²) in [6, 6.07) is 7.39. The number of hydrogen-bond donors (Lipinski definition) is 1. The highest BCUT2D eigenvalue weighted by Gasteiger charge is 2.15. The molecule has 0 saturated heterocycles. The van der Waals surface area contributed by atoms with Gasteiger partial charge in [-0.3, -0.25) is 14.2 Å². The van der Waals surface area contributed by atoms with Gasteiger partial charge in [-0.25, -0.2) is 4.98 Å². The van der Waals surface area contributed by atoms with Crippen molar-refractivity contribution in [2.75, 3.05) is 6.54 Å². The molecule has 2 heterocycles. The average Bonchev–Trinajstić information content (AvgIpc) is 3.04. The van der Waals surface area contributed by atoms with Crippen molar-refractivity contribution in [2.24, 2.45) is 5.92 Å². The van der Waals surface area contributed by atoms with Crippen LogP contribution in [-0.4, -0.2) is 22.0 Å². The Labute approximate surface area is 152 Å². The van der Waals surface area contributed by atoms with Crippen molar-refractivity contribution in [1.82, 2.24) is 14.9 Å². The maximum absolute atomic E-state index is 12.6. The molecule has 1 N–H and O–H groups in total. The van der Waals surface area contributed by atoms with Crippen LogP contribution in [0.3, 0.4) is 0 Å². The molecule has 0 bridgehead atoms. The summed E-state index contributed by atoms with van der Waals surface area (Å²) in [5.41, 5.74) is 1.01. The molecule has 1 amide bonds. The van der Waals surface area contributed by atoms with E-state index in [-0.39, 0.29) is 23.6 Å². The first-order chi connectivity index (χ1) is 12.6. The van der Waals surface area contributed by atoms with Gasteiger partial charge in [-0.1, -0.05) is 45.2 Å². The number of nitrogens with zero attached hydrogens (tertiary/aromatic N) is 2. The molecule has 0 radical (unpaired) electrons. The zero-order chi connectivity index (χ0) is 18.5. The van der Waals surface area contributed by atoms with Crippen LogP contribution in [-0.2, 0) is 11.3 Å². The number of unbranched alkanes of at least 4 members (excludes halogenated alkanes) is 1. The summed E-state index contributed by atoms with van der Waals surface area (Å²) in [6.45, 7) is 4.89. The molecule has 1 atom stereocenters. The lowest BCUT2D eigenvalue weighted by Crippen LogP contribution is -2.35. The lowest BCUT2D eigenvalue weighted by molar-refractivity contribution is -0.121. The number of aromatic nitrogens is 2. The quantitative estimate of drug-likeness (QED) is 0.671. The van der Waals surface area contributed by atoms with Crippen molar-refractivity contribution >= 4 is 28.0 Å². The lowest BCUT2D eigenvalue weighted by Gasteiger charge is -2.15. The van der Waals surface area contributed by atoms with Gasteiger partial charge in [0, 0.05) is 11.9 Å². The van der Waals surface area contributed by atoms with Crippen LogP contribution in [0.2, 0.25) is 0 Å². The molecular weight excluding hydrogens is 330 g/mol. The van der Waals surface area contributed by atoms with Gasteiger partial charge >= 0.3 is 0 Å². The summed E-state index contributed by atoms with van der Waals surface area (Å²) in [6.07, 6.45) is 5.89. The predicted molar refractivity (Wildman–Crippen MR) is 102 cm³/mol. The molecule has 0 aliphatic carbocycles. The van der Waals surface area contributed by atoms with Crippen LogP contribution in [0, 0.1) is 5.92 Å². The Balaban J connectivity index is 1.72. The van der Waals surface area contributed by atoms with Crippen molar-refractivity contribution < 1.29 is 9.21 Å². The maximum Gasteiger partial charge on any atom is 0.297 e. The van der Waals surface area contributed by atoms with E-state index in [9.17, 15) is 9.59 Å². The Hall–Kier alpha value is -2.63. The molecular formula is C20H25N3O3. The van der Waals surface area contributed by atoms with E-state index in [1.165, 1.54) is 17.3 Å². The van der Waals surface area contributed by atoms with Crippen molar-refractivity contribution in [3.05, 3.63) is 40.9 Å². The van der Waals surface area contributed by atoms with Crippen LogP contribution in [0.1, 0.15) is 39.5 Å². The molecule has 1 unspecified atom stereocenters. The van der Waals surface area contributed by atoms with Gasteiger partial charge in [0.25, 0.3) is 5.56 Å². The third-order valence-electron chi connectivity index (χ3n) is 4.80. The molecule has 0 saturated carbocycles. The summed E-state index contributed by atoms with van der Waals surface area (Å²) in [4.78, 5) is 29.2. The van der Waals surface area contributed by atoms with Crippen molar-refractivity contribution in [1.29, 1.82) is 0 Å². The molecule has 6 heteroatoms. The van der Waals surface area contributed by atoms with Crippen molar-refractivity contribution in [3.8, 4) is 0 Å². The van der Waals surface area contributed by atoms with Crippen LogP contribution < -0.4 is 10.9 Å². The number of rotatable bonds is 8. The molecule has 1 aromatic carbocycles. The fourth-order valence-electron chi connectivity index (χ4n) is 3.14. The summed E-state index contributed by atoms with van der Waals surface area (Å²) in [7, 11) is 0. The van der Waals surface area contributed by atoms with Gasteiger partial charge < -0.3 is 9.73 Å². The van der Waals surface area contributed by atoms with Gasteiger partial charge in [0.05, 0.1) is 6.33 Å². The van der Waals surface area contributed by atoms with E-state index in [0.717, 1.165) is 24.6 Å². The SMILES string of the molecule is CCCCC(CC)CNC(=O)Cn1cnc2c(oc3ccccc32)c1=O. The lowest BCUT2D eigenvalue weighted by atomic mass is 9.99. The molecule has 0 spiro atoms. The maximum atomic E-state index is 12.6. The van der Waals surface area contributed by atoms with Crippen LogP contribution >= 0.6 is 0 Å². The van der Waals surface area contributed by atoms with Crippen LogP contribution in [0.25, 0.3) is 22.1 Å². The first kappa shape index (κ1) is 18.2. The van der Waals surface area contributed by atoms with Gasteiger partial charge in [-0.2, -0.15) is 0 Å². The van der Waals surface area contributed by atoms with Crippen LogP contribution in [0.4, 0.5) is 0 Å². The molecule has 3 rings (SSSR count). The Kier molecular flexibility index (Phi) is 5.71. The fraction of sp³-hybridized carbons (Fsp3) is 0.450. The number of furan rings is 1. The third kappa shape index (κ3) is 3.79. The van der Waals surface area contributed by atoms with E-state index >= 15 is 0 Å². The highest BCUT2D eigenvalue weighted by atomic mass is 16.3. The number of amides is 1. The van der Waals surface area contributed by atoms with Gasteiger partial charge in [-0.15, -0.1) is 0 Å². The molecule has 0 aliphatic heterocycles. The number of fused-ring (bicyclic) bond motifs is 3. The summed E-state index contributed by atoms with van der Waals surface area (Å²) in [5, 5.41) is 3.74. The second-order valence-corrected chi connectivity index (χ2v) is 6.67. The predicted octanol–water partition coefficient (Wildman–Crippen LogP) is 3.48. The molecule has 6 nitrogen and oxygen atoms in total. The van der Waals surface area contributed by atoms with Crippen molar-refractivity contribution in [2.45, 2.75) is 46.1 Å². The third-order valence-corrected chi connectivity index (χ3v) is 4.80. The number of hydrogen-bond acceptors (Lipinski definition) is 4. The standard InChI is InChI=1S/C20H25N3O3/c1-3-5-8-14(4-2)11-21-17(24)12-23-13-22-18-15-9-6-7-10-16(15)26-19(18)20(23)25/h6-7,9-10,13-14H,3-5,8,11-12H2,1-2H3,(H,21,24). The summed E-state index contributed by atoms with van der Waals surface area (Å²) in [5.74, 6) is 0.297. The highest BCUT2D eigenvalue weighted by molar-refractivity contribution is 6.01. The van der Waals surface area contributed by atoms with E-state index < -0.39 is 0 Å². The van der Waals surface area contributed by atoms with Crippen LogP contribution in [0.15, 0.2) is 39.8 Å². The Morgan fingerprint density at radius 2 is 2.12 bits per heavy atom. The zero-order valence-corrected chi connectivity index (χ0v) is 15.3. The number of para-hydroxylation sites is 1. The second-order valence-electron chi connectivity index (χ2n) is 6.67. The molecule has 2 aromatic heterocycles. The van der Waals surface area contributed by atoms with Gasteiger partial charge in [-0.05, 0) is 24.5 Å². The minimum absolute atomic E-state index is 0.0525. The van der Waals surface area contributed by atoms with Gasteiger partial charge in [0.2, 0.25) is 11.5 Å². The smallest absolute Gasteiger partial charge is 0.297 e. The van der Waals surface area contributed by atoms with E-state index in [0.29, 0.717) is 23.6 Å². The molecule has 3 aromatic rings. The average molecular weight is 355 g/mol. The number of nitrogens with one attached hydrogen (secondary N) is 1. The van der Waals surface area contributed by atoms with Crippen LogP contribution in [0.5, 0.6) is 0 Å². The minimum atomic E-state index is -0.334. The van der Waals surface area contributed by atoms with E-state index in [2.05, 4.69) is 24.1 Å². The number of carbonyl (C=O) groups excluding carboxylic acids is 1. The Bertz CT molecular complexity index is 958.